The van der Waals surface area contributed by atoms with Crippen LogP contribution in [0.25, 0.3) is 84.7 Å². The van der Waals surface area contributed by atoms with Gasteiger partial charge in [-0.25, -0.2) is 19.9 Å². The van der Waals surface area contributed by atoms with Crippen LogP contribution < -0.4 is 4.90 Å². The lowest BCUT2D eigenvalue weighted by molar-refractivity contribution is 0.747. The first-order chi connectivity index (χ1) is 30.8. The number of anilines is 2. The third-order valence-corrected chi connectivity index (χ3v) is 11.8. The molecule has 0 radical (unpaired) electrons. The van der Waals surface area contributed by atoms with Crippen LogP contribution in [0.1, 0.15) is 11.5 Å². The van der Waals surface area contributed by atoms with Gasteiger partial charge in [0.05, 0.1) is 22.8 Å². The molecule has 3 aromatic heterocycles. The van der Waals surface area contributed by atoms with Crippen LogP contribution in [0.5, 0.6) is 0 Å². The number of benzene rings is 7. The van der Waals surface area contributed by atoms with E-state index in [-0.39, 0.29) is 12.0 Å². The van der Waals surface area contributed by atoms with Crippen LogP contribution >= 0.6 is 0 Å². The molecule has 0 saturated carbocycles. The Hall–Kier alpha value is -8.36. The molecule has 1 aliphatic heterocycles. The van der Waals surface area contributed by atoms with Gasteiger partial charge in [0.25, 0.3) is 0 Å². The molecular weight excluding hydrogens is 761 g/mol. The van der Waals surface area contributed by atoms with Gasteiger partial charge in [-0.15, -0.1) is 0 Å². The zero-order chi connectivity index (χ0) is 41.0. The molecule has 1 aliphatic carbocycles. The zero-order valence-electron chi connectivity index (χ0n) is 33.4. The van der Waals surface area contributed by atoms with Crippen molar-refractivity contribution in [2.75, 3.05) is 4.90 Å². The van der Waals surface area contributed by atoms with Crippen molar-refractivity contribution in [2.45, 2.75) is 12.0 Å². The van der Waals surface area contributed by atoms with E-state index in [9.17, 15) is 0 Å². The quantitative estimate of drug-likeness (QED) is 0.159. The number of hydrogen-bond donors (Lipinski definition) is 0. The standard InChI is InChI=1S/C54H36N8/c1-5-19-35(20-6-1)49-55-50(36-21-7-2-8-22-36)58-53(57-49)41-29-15-18-32-44(41)61-42-30-16-13-27-39(42)47-45(61)33-34-46-48(47)40-28-14-17-31-43(40)62(46)54-59-51(37-23-9-3-10-24-37)56-52(60-54)38-25-11-4-12-26-38/h1-34,39,42H. The summed E-state index contributed by atoms with van der Waals surface area (Å²) >= 11 is 0. The Morgan fingerprint density at radius 3 is 1.45 bits per heavy atom. The number of hydrogen-bond acceptors (Lipinski definition) is 7. The highest BCUT2D eigenvalue weighted by Crippen LogP contribution is 2.53. The van der Waals surface area contributed by atoms with Gasteiger partial charge >= 0.3 is 0 Å². The minimum atomic E-state index is -0.000529. The lowest BCUT2D eigenvalue weighted by atomic mass is 9.88. The summed E-state index contributed by atoms with van der Waals surface area (Å²) in [5, 5.41) is 2.31. The summed E-state index contributed by atoms with van der Waals surface area (Å²) in [7, 11) is 0. The molecule has 10 aromatic rings. The summed E-state index contributed by atoms with van der Waals surface area (Å²) in [5.41, 5.74) is 10.1. The molecule has 8 heteroatoms. The normalized spacial score (nSPS) is 15.3. The Kier molecular flexibility index (Phi) is 8.45. The molecule has 292 valence electrons. The maximum absolute atomic E-state index is 5.20. The fourth-order valence-corrected chi connectivity index (χ4v) is 9.10. The van der Waals surface area contributed by atoms with Gasteiger partial charge in [-0.05, 0) is 35.9 Å². The number of nitrogens with zero attached hydrogens (tertiary/aromatic N) is 8. The highest BCUT2D eigenvalue weighted by Gasteiger charge is 2.41. The second-order valence-corrected chi connectivity index (χ2v) is 15.5. The Balaban J connectivity index is 1.08. The van der Waals surface area contributed by atoms with Crippen LogP contribution in [-0.4, -0.2) is 40.5 Å². The number of fused-ring (bicyclic) bond motifs is 7. The van der Waals surface area contributed by atoms with E-state index < -0.39 is 0 Å². The first-order valence-electron chi connectivity index (χ1n) is 20.8. The molecule has 62 heavy (non-hydrogen) atoms. The molecule has 12 rings (SSSR count). The topological polar surface area (TPSA) is 85.5 Å². The van der Waals surface area contributed by atoms with Crippen LogP contribution in [0.2, 0.25) is 0 Å². The highest BCUT2D eigenvalue weighted by atomic mass is 15.2. The summed E-state index contributed by atoms with van der Waals surface area (Å²) in [6, 6.07) is 62.1. The molecule has 0 bridgehead atoms. The van der Waals surface area contributed by atoms with Gasteiger partial charge < -0.3 is 4.90 Å². The number of allylic oxidation sites excluding steroid dienone is 2. The van der Waals surface area contributed by atoms with Crippen LogP contribution in [0.4, 0.5) is 11.4 Å². The Morgan fingerprint density at radius 2 is 0.855 bits per heavy atom. The summed E-state index contributed by atoms with van der Waals surface area (Å²) < 4.78 is 2.21. The highest BCUT2D eigenvalue weighted by molar-refractivity contribution is 6.13. The molecule has 0 spiro atoms. The van der Waals surface area contributed by atoms with Gasteiger partial charge in [0.2, 0.25) is 5.95 Å². The van der Waals surface area contributed by atoms with Gasteiger partial charge in [-0.1, -0.05) is 176 Å². The average Bonchev–Trinajstić information content (AvgIpc) is 3.88. The van der Waals surface area contributed by atoms with Crippen LogP contribution in [0.3, 0.4) is 0 Å². The molecule has 4 heterocycles. The Labute approximate surface area is 357 Å². The van der Waals surface area contributed by atoms with Crippen molar-refractivity contribution in [3.8, 4) is 62.9 Å². The predicted molar refractivity (Wildman–Crippen MR) is 248 cm³/mol. The fourth-order valence-electron chi connectivity index (χ4n) is 9.10. The summed E-state index contributed by atoms with van der Waals surface area (Å²) in [6.07, 6.45) is 8.99. The maximum Gasteiger partial charge on any atom is 0.238 e. The number of rotatable bonds is 7. The van der Waals surface area contributed by atoms with Crippen LogP contribution in [-0.2, 0) is 0 Å². The smallest absolute Gasteiger partial charge is 0.238 e. The van der Waals surface area contributed by atoms with Crippen molar-refractivity contribution in [2.24, 2.45) is 0 Å². The lowest BCUT2D eigenvalue weighted by Gasteiger charge is -2.30. The van der Waals surface area contributed by atoms with E-state index in [1.165, 1.54) is 10.9 Å². The van der Waals surface area contributed by atoms with Gasteiger partial charge in [-0.3, -0.25) is 4.57 Å². The zero-order valence-corrected chi connectivity index (χ0v) is 33.4. The number of aromatic nitrogens is 7. The SMILES string of the molecule is C1=CC2c3c(ccc4c3c3ccccc3n4-c3nc(-c4ccccc4)nc(-c4ccccc4)n3)N(c3ccccc3-c3nc(-c4ccccc4)nc(-c4ccccc4)n3)C2C=C1. The Bertz CT molecular complexity index is 3250. The molecule has 0 saturated heterocycles. The molecule has 2 aliphatic rings. The maximum atomic E-state index is 5.20. The second kappa shape index (κ2) is 14.7. The molecule has 0 N–H and O–H groups in total. The molecule has 2 atom stereocenters. The lowest BCUT2D eigenvalue weighted by Crippen LogP contribution is -2.29. The van der Waals surface area contributed by atoms with Crippen molar-refractivity contribution in [1.29, 1.82) is 0 Å². The van der Waals surface area contributed by atoms with E-state index in [0.717, 1.165) is 55.6 Å². The summed E-state index contributed by atoms with van der Waals surface area (Å²) in [6.45, 7) is 0. The molecule has 2 unspecified atom stereocenters. The van der Waals surface area contributed by atoms with E-state index in [0.29, 0.717) is 35.1 Å². The van der Waals surface area contributed by atoms with E-state index in [4.69, 9.17) is 29.9 Å². The fraction of sp³-hybridized carbons (Fsp3) is 0.0370. The summed E-state index contributed by atoms with van der Waals surface area (Å²) in [4.78, 5) is 33.2. The van der Waals surface area contributed by atoms with Gasteiger partial charge in [0.1, 0.15) is 0 Å². The summed E-state index contributed by atoms with van der Waals surface area (Å²) in [5.74, 6) is 3.74. The van der Waals surface area contributed by atoms with Crippen LogP contribution in [0, 0.1) is 0 Å². The largest absolute Gasteiger partial charge is 0.333 e. The molecule has 0 amide bonds. The molecule has 7 aromatic carbocycles. The monoisotopic (exact) mass is 796 g/mol. The first-order valence-corrected chi connectivity index (χ1v) is 20.8. The minimum Gasteiger partial charge on any atom is -0.333 e. The third-order valence-electron chi connectivity index (χ3n) is 11.8. The van der Waals surface area contributed by atoms with Crippen molar-refractivity contribution in [3.63, 3.8) is 0 Å². The van der Waals surface area contributed by atoms with E-state index in [2.05, 4.69) is 94.4 Å². The van der Waals surface area contributed by atoms with E-state index >= 15 is 0 Å². The second-order valence-electron chi connectivity index (χ2n) is 15.5. The Morgan fingerprint density at radius 1 is 0.371 bits per heavy atom. The molecule has 0 fully saturated rings. The van der Waals surface area contributed by atoms with Crippen molar-refractivity contribution < 1.29 is 0 Å². The third kappa shape index (κ3) is 5.91. The predicted octanol–water partition coefficient (Wildman–Crippen LogP) is 12.2. The van der Waals surface area contributed by atoms with E-state index in [1.807, 2.05) is 121 Å². The number of para-hydroxylation sites is 2. The van der Waals surface area contributed by atoms with Gasteiger partial charge in [0.15, 0.2) is 29.1 Å². The molecular formula is C54H36N8. The molecule has 8 nitrogen and oxygen atoms in total. The van der Waals surface area contributed by atoms with Gasteiger partial charge in [-0.2, -0.15) is 9.97 Å². The van der Waals surface area contributed by atoms with E-state index in [1.54, 1.807) is 0 Å². The first kappa shape index (κ1) is 35.6. The minimum absolute atomic E-state index is 0.000529. The van der Waals surface area contributed by atoms with Crippen molar-refractivity contribution in [3.05, 3.63) is 212 Å². The van der Waals surface area contributed by atoms with Crippen molar-refractivity contribution in [1.82, 2.24) is 34.5 Å². The van der Waals surface area contributed by atoms with Crippen LogP contribution in [0.15, 0.2) is 206 Å². The average molecular weight is 797 g/mol. The van der Waals surface area contributed by atoms with Crippen molar-refractivity contribution >= 4 is 33.2 Å². The van der Waals surface area contributed by atoms with Gasteiger partial charge in [0, 0.05) is 50.2 Å².